The Bertz CT molecular complexity index is 757. The van der Waals surface area contributed by atoms with Crippen molar-refractivity contribution in [3.8, 4) is 0 Å². The minimum atomic E-state index is -0.140. The summed E-state index contributed by atoms with van der Waals surface area (Å²) in [6.07, 6.45) is 8.30. The average molecular weight is 283 g/mol. The van der Waals surface area contributed by atoms with Crippen molar-refractivity contribution >= 4 is 11.8 Å². The van der Waals surface area contributed by atoms with Gasteiger partial charge >= 0.3 is 0 Å². The number of nitrogens with zero attached hydrogens (tertiary/aromatic N) is 2. The second-order valence-corrected chi connectivity index (χ2v) is 6.74. The second-order valence-electron chi connectivity index (χ2n) is 6.74. The van der Waals surface area contributed by atoms with Gasteiger partial charge in [-0.3, -0.25) is 4.79 Å². The first-order valence-corrected chi connectivity index (χ1v) is 7.26. The summed E-state index contributed by atoms with van der Waals surface area (Å²) in [5, 5.41) is 3.54. The molecule has 4 heteroatoms. The van der Waals surface area contributed by atoms with Gasteiger partial charge in [0.05, 0.1) is 6.04 Å². The second kappa shape index (κ2) is 4.45. The van der Waals surface area contributed by atoms with Crippen molar-refractivity contribution < 1.29 is 0 Å². The molecule has 0 fully saturated rings. The SMILES string of the molecule is Cc1c(C)n2c(nc1=O)C1=CC=C(C(C)(C)C)NC1C=C2. The van der Waals surface area contributed by atoms with Crippen LogP contribution in [-0.2, 0) is 0 Å². The predicted octanol–water partition coefficient (Wildman–Crippen LogP) is 2.63. The number of dihydropyridines is 1. The molecule has 1 aromatic heterocycles. The molecule has 2 aliphatic rings. The lowest BCUT2D eigenvalue weighted by Crippen LogP contribution is -2.38. The van der Waals surface area contributed by atoms with Crippen molar-refractivity contribution in [2.24, 2.45) is 5.41 Å². The number of hydrogen-bond donors (Lipinski definition) is 1. The van der Waals surface area contributed by atoms with Gasteiger partial charge in [-0.15, -0.1) is 0 Å². The van der Waals surface area contributed by atoms with E-state index in [4.69, 9.17) is 0 Å². The molecule has 0 saturated heterocycles. The van der Waals surface area contributed by atoms with Crippen LogP contribution >= 0.6 is 0 Å². The third-order valence-electron chi connectivity index (χ3n) is 4.23. The van der Waals surface area contributed by atoms with Crippen LogP contribution in [0, 0.1) is 19.3 Å². The van der Waals surface area contributed by atoms with Crippen molar-refractivity contribution in [1.29, 1.82) is 0 Å². The van der Waals surface area contributed by atoms with E-state index >= 15 is 0 Å². The molecule has 0 aliphatic carbocycles. The first kappa shape index (κ1) is 13.9. The minimum Gasteiger partial charge on any atom is -0.377 e. The molecule has 2 aliphatic heterocycles. The molecule has 1 N–H and O–H groups in total. The van der Waals surface area contributed by atoms with Crippen molar-refractivity contribution in [3.63, 3.8) is 0 Å². The van der Waals surface area contributed by atoms with Crippen LogP contribution in [0.25, 0.3) is 11.8 Å². The van der Waals surface area contributed by atoms with E-state index < -0.39 is 0 Å². The summed E-state index contributed by atoms with van der Waals surface area (Å²) in [7, 11) is 0. The van der Waals surface area contributed by atoms with E-state index in [0.29, 0.717) is 5.56 Å². The van der Waals surface area contributed by atoms with E-state index in [9.17, 15) is 4.79 Å². The van der Waals surface area contributed by atoms with Crippen LogP contribution in [0.15, 0.2) is 28.7 Å². The number of rotatable bonds is 0. The van der Waals surface area contributed by atoms with Gasteiger partial charge in [0.1, 0.15) is 5.82 Å². The van der Waals surface area contributed by atoms with Gasteiger partial charge in [0.25, 0.3) is 5.56 Å². The van der Waals surface area contributed by atoms with Crippen molar-refractivity contribution in [2.45, 2.75) is 40.7 Å². The number of nitrogens with one attached hydrogen (secondary N) is 1. The Balaban J connectivity index is 2.17. The van der Waals surface area contributed by atoms with E-state index in [1.807, 2.05) is 24.6 Å². The zero-order chi connectivity index (χ0) is 15.4. The summed E-state index contributed by atoms with van der Waals surface area (Å²) in [6, 6.07) is 0.0817. The predicted molar refractivity (Wildman–Crippen MR) is 85.7 cm³/mol. The van der Waals surface area contributed by atoms with Crippen LogP contribution in [-0.4, -0.2) is 15.6 Å². The number of hydrogen-bond acceptors (Lipinski definition) is 3. The van der Waals surface area contributed by atoms with E-state index in [1.54, 1.807) is 0 Å². The molecule has 1 atom stereocenters. The van der Waals surface area contributed by atoms with Gasteiger partial charge in [0.15, 0.2) is 0 Å². The Morgan fingerprint density at radius 3 is 2.62 bits per heavy atom. The Labute approximate surface area is 124 Å². The van der Waals surface area contributed by atoms with Gasteiger partial charge in [-0.1, -0.05) is 26.8 Å². The third kappa shape index (κ3) is 2.15. The molecule has 0 spiro atoms. The maximum atomic E-state index is 12.0. The molecule has 0 radical (unpaired) electrons. The molecule has 4 nitrogen and oxygen atoms in total. The lowest BCUT2D eigenvalue weighted by molar-refractivity contribution is 0.455. The molecule has 1 unspecified atom stereocenters. The average Bonchev–Trinajstić information content (AvgIpc) is 2.43. The van der Waals surface area contributed by atoms with Crippen molar-refractivity contribution in [2.75, 3.05) is 0 Å². The number of allylic oxidation sites excluding steroid dienone is 3. The molecule has 3 heterocycles. The summed E-state index contributed by atoms with van der Waals surface area (Å²) in [5.41, 5.74) is 3.83. The van der Waals surface area contributed by atoms with Crippen molar-refractivity contribution in [3.05, 3.63) is 51.4 Å². The summed E-state index contributed by atoms with van der Waals surface area (Å²) in [4.78, 5) is 16.3. The Morgan fingerprint density at radius 1 is 1.24 bits per heavy atom. The summed E-state index contributed by atoms with van der Waals surface area (Å²) in [5.74, 6) is 0.743. The lowest BCUT2D eigenvalue weighted by atomic mass is 9.87. The van der Waals surface area contributed by atoms with Gasteiger partial charge in [0.2, 0.25) is 0 Å². The maximum Gasteiger partial charge on any atom is 0.276 e. The lowest BCUT2D eigenvalue weighted by Gasteiger charge is -2.34. The van der Waals surface area contributed by atoms with Crippen LogP contribution in [0.2, 0.25) is 0 Å². The topological polar surface area (TPSA) is 46.9 Å². The van der Waals surface area contributed by atoms with Gasteiger partial charge in [-0.05, 0) is 26.0 Å². The van der Waals surface area contributed by atoms with E-state index in [0.717, 1.165) is 17.1 Å². The molecule has 0 amide bonds. The number of fused-ring (bicyclic) bond motifs is 3. The monoisotopic (exact) mass is 283 g/mol. The standard InChI is InChI=1S/C17H21N3O/c1-10-11(2)20-9-8-13-12(15(20)19-16(10)21)6-7-14(18-13)17(3,4)5/h6-9,13,18H,1-5H3. The summed E-state index contributed by atoms with van der Waals surface area (Å²) >= 11 is 0. The third-order valence-corrected chi connectivity index (χ3v) is 4.23. The molecule has 0 bridgehead atoms. The molecule has 21 heavy (non-hydrogen) atoms. The van der Waals surface area contributed by atoms with Gasteiger partial charge in [-0.25, -0.2) is 0 Å². The molecule has 1 aromatic rings. The highest BCUT2D eigenvalue weighted by atomic mass is 16.1. The molecule has 0 aromatic carbocycles. The van der Waals surface area contributed by atoms with Crippen LogP contribution in [0.4, 0.5) is 0 Å². The van der Waals surface area contributed by atoms with Crippen LogP contribution in [0.5, 0.6) is 0 Å². The first-order chi connectivity index (χ1) is 9.79. The molecule has 0 saturated carbocycles. The Hall–Kier alpha value is -2.10. The fourth-order valence-corrected chi connectivity index (χ4v) is 2.69. The minimum absolute atomic E-state index is 0.0730. The van der Waals surface area contributed by atoms with E-state index in [2.05, 4.69) is 49.3 Å². The zero-order valence-corrected chi connectivity index (χ0v) is 13.2. The highest BCUT2D eigenvalue weighted by Gasteiger charge is 2.28. The highest BCUT2D eigenvalue weighted by Crippen LogP contribution is 2.32. The van der Waals surface area contributed by atoms with Gasteiger partial charge in [0, 0.05) is 34.1 Å². The van der Waals surface area contributed by atoms with E-state index in [1.165, 1.54) is 5.70 Å². The van der Waals surface area contributed by atoms with E-state index in [-0.39, 0.29) is 17.0 Å². The van der Waals surface area contributed by atoms with Crippen LogP contribution < -0.4 is 10.9 Å². The maximum absolute atomic E-state index is 12.0. The largest absolute Gasteiger partial charge is 0.377 e. The number of aromatic nitrogens is 2. The Morgan fingerprint density at radius 2 is 1.95 bits per heavy atom. The first-order valence-electron chi connectivity index (χ1n) is 7.26. The quantitative estimate of drug-likeness (QED) is 0.796. The summed E-state index contributed by atoms with van der Waals surface area (Å²) < 4.78 is 2.00. The zero-order valence-electron chi connectivity index (χ0n) is 13.2. The van der Waals surface area contributed by atoms with Gasteiger partial charge < -0.3 is 9.88 Å². The smallest absolute Gasteiger partial charge is 0.276 e. The van der Waals surface area contributed by atoms with Crippen molar-refractivity contribution in [1.82, 2.24) is 14.9 Å². The van der Waals surface area contributed by atoms with Crippen LogP contribution in [0.1, 0.15) is 37.9 Å². The normalized spacial score (nSPS) is 20.1. The Kier molecular flexibility index (Phi) is 2.94. The molecular formula is C17H21N3O. The van der Waals surface area contributed by atoms with Crippen LogP contribution in [0.3, 0.4) is 0 Å². The summed E-state index contributed by atoms with van der Waals surface area (Å²) in [6.45, 7) is 10.3. The molecule has 110 valence electrons. The van der Waals surface area contributed by atoms with Gasteiger partial charge in [-0.2, -0.15) is 4.98 Å². The molecular weight excluding hydrogens is 262 g/mol. The molecule has 3 rings (SSSR count). The fraction of sp³-hybridized carbons (Fsp3) is 0.412. The fourth-order valence-electron chi connectivity index (χ4n) is 2.69. The highest BCUT2D eigenvalue weighted by molar-refractivity contribution is 5.75.